The van der Waals surface area contributed by atoms with E-state index in [2.05, 4.69) is 5.32 Å². The number of hydrogen-bond donors (Lipinski definition) is 1. The minimum absolute atomic E-state index is 0.154. The molecule has 180 valence electrons. The third-order valence-corrected chi connectivity index (χ3v) is 6.94. The Bertz CT molecular complexity index is 1060. The smallest absolute Gasteiger partial charge is 0.244 e. The molecular weight excluding hydrogens is 485 g/mol. The lowest BCUT2D eigenvalue weighted by Crippen LogP contribution is -2.51. The molecule has 0 heterocycles. The first-order chi connectivity index (χ1) is 15.5. The molecule has 10 heteroatoms. The largest absolute Gasteiger partial charge is 0.354 e. The molecule has 2 rings (SSSR count). The Balaban J connectivity index is 2.34. The first-order valence-corrected chi connectivity index (χ1v) is 13.2. The van der Waals surface area contributed by atoms with Crippen LogP contribution >= 0.6 is 23.2 Å². The molecular formula is C23H29Cl2N3O4S. The van der Waals surface area contributed by atoms with Crippen molar-refractivity contribution in [1.29, 1.82) is 0 Å². The van der Waals surface area contributed by atoms with Crippen LogP contribution in [-0.2, 0) is 26.2 Å². The van der Waals surface area contributed by atoms with Crippen LogP contribution in [0.4, 0.5) is 5.69 Å². The lowest BCUT2D eigenvalue weighted by atomic mass is 10.1. The van der Waals surface area contributed by atoms with Gasteiger partial charge in [0.15, 0.2) is 0 Å². The van der Waals surface area contributed by atoms with Crippen molar-refractivity contribution < 1.29 is 18.0 Å². The van der Waals surface area contributed by atoms with Crippen molar-refractivity contribution in [3.63, 3.8) is 0 Å². The highest BCUT2D eigenvalue weighted by Crippen LogP contribution is 2.28. The number of benzene rings is 2. The lowest BCUT2D eigenvalue weighted by molar-refractivity contribution is -0.139. The summed E-state index contributed by atoms with van der Waals surface area (Å²) in [6.45, 7) is 3.82. The maximum absolute atomic E-state index is 13.4. The molecule has 33 heavy (non-hydrogen) atoms. The summed E-state index contributed by atoms with van der Waals surface area (Å²) in [7, 11) is -3.83. The Morgan fingerprint density at radius 1 is 1.06 bits per heavy atom. The summed E-state index contributed by atoms with van der Waals surface area (Å²) < 4.78 is 26.0. The fourth-order valence-corrected chi connectivity index (χ4v) is 4.29. The van der Waals surface area contributed by atoms with E-state index < -0.39 is 28.5 Å². The Morgan fingerprint density at radius 2 is 1.73 bits per heavy atom. The maximum atomic E-state index is 13.4. The van der Waals surface area contributed by atoms with Gasteiger partial charge in [-0.15, -0.1) is 0 Å². The number of nitrogens with zero attached hydrogens (tertiary/aromatic N) is 2. The second-order valence-corrected chi connectivity index (χ2v) is 10.4. The zero-order chi connectivity index (χ0) is 24.6. The lowest BCUT2D eigenvalue weighted by Gasteiger charge is -2.31. The molecule has 2 aromatic rings. The Hall–Kier alpha value is -2.29. The summed E-state index contributed by atoms with van der Waals surface area (Å²) >= 11 is 12.0. The van der Waals surface area contributed by atoms with Gasteiger partial charge in [-0.25, -0.2) is 8.42 Å². The zero-order valence-corrected chi connectivity index (χ0v) is 21.3. The summed E-state index contributed by atoms with van der Waals surface area (Å²) in [6.07, 6.45) is 2.75. The molecule has 0 saturated carbocycles. The molecule has 0 bridgehead atoms. The van der Waals surface area contributed by atoms with Crippen LogP contribution < -0.4 is 9.62 Å². The molecule has 0 spiro atoms. The van der Waals surface area contributed by atoms with Crippen LogP contribution in [-0.4, -0.2) is 50.5 Å². The second-order valence-electron chi connectivity index (χ2n) is 7.70. The molecule has 0 aliphatic rings. The van der Waals surface area contributed by atoms with E-state index in [0.717, 1.165) is 29.0 Å². The van der Waals surface area contributed by atoms with Gasteiger partial charge in [0.05, 0.1) is 22.0 Å². The van der Waals surface area contributed by atoms with E-state index in [1.165, 1.54) is 23.1 Å². The predicted octanol–water partition coefficient (Wildman–Crippen LogP) is 4.09. The summed E-state index contributed by atoms with van der Waals surface area (Å²) in [5.74, 6) is -0.818. The highest BCUT2D eigenvalue weighted by molar-refractivity contribution is 7.92. The van der Waals surface area contributed by atoms with Gasteiger partial charge in [-0.05, 0) is 37.1 Å². The molecule has 1 N–H and O–H groups in total. The van der Waals surface area contributed by atoms with Crippen molar-refractivity contribution in [2.24, 2.45) is 0 Å². The quantitative estimate of drug-likeness (QED) is 0.458. The van der Waals surface area contributed by atoms with E-state index in [9.17, 15) is 18.0 Å². The number of carbonyl (C=O) groups excluding carboxylic acids is 2. The number of carbonyl (C=O) groups is 2. The third-order valence-electron chi connectivity index (χ3n) is 5.06. The zero-order valence-electron chi connectivity index (χ0n) is 18.9. The average molecular weight is 514 g/mol. The van der Waals surface area contributed by atoms with Crippen LogP contribution in [0.15, 0.2) is 48.5 Å². The number of anilines is 1. The summed E-state index contributed by atoms with van der Waals surface area (Å²) in [4.78, 5) is 27.5. The van der Waals surface area contributed by atoms with Crippen LogP contribution in [0, 0.1) is 0 Å². The molecule has 1 atom stereocenters. The van der Waals surface area contributed by atoms with E-state index >= 15 is 0 Å². The van der Waals surface area contributed by atoms with E-state index in [4.69, 9.17) is 23.2 Å². The van der Waals surface area contributed by atoms with Gasteiger partial charge >= 0.3 is 0 Å². The molecule has 0 aliphatic heterocycles. The first kappa shape index (κ1) is 27.0. The Morgan fingerprint density at radius 3 is 2.30 bits per heavy atom. The van der Waals surface area contributed by atoms with Gasteiger partial charge in [0.2, 0.25) is 21.8 Å². The Kier molecular flexibility index (Phi) is 10.0. The topological polar surface area (TPSA) is 86.8 Å². The van der Waals surface area contributed by atoms with Crippen LogP contribution in [0.3, 0.4) is 0 Å². The number of nitrogens with one attached hydrogen (secondary N) is 1. The number of sulfonamides is 1. The standard InChI is InChI=1S/C23H29Cl2N3O4S/c1-4-5-13-26-23(30)17(2)27(15-18-9-7-6-8-10-18)22(29)16-28(33(3,31)32)19-11-12-20(24)21(25)14-19/h6-12,14,17H,4-5,13,15-16H2,1-3H3,(H,26,30)/t17-/m0/s1. The van der Waals surface area contributed by atoms with Gasteiger partial charge in [0.1, 0.15) is 12.6 Å². The fourth-order valence-electron chi connectivity index (χ4n) is 3.15. The third kappa shape index (κ3) is 7.91. The van der Waals surface area contributed by atoms with Crippen molar-refractivity contribution >= 4 is 50.7 Å². The summed E-state index contributed by atoms with van der Waals surface area (Å²) in [6, 6.07) is 12.7. The molecule has 0 fully saturated rings. The van der Waals surface area contributed by atoms with Crippen LogP contribution in [0.5, 0.6) is 0 Å². The van der Waals surface area contributed by atoms with Gasteiger partial charge in [-0.3, -0.25) is 13.9 Å². The highest BCUT2D eigenvalue weighted by Gasteiger charge is 2.30. The van der Waals surface area contributed by atoms with E-state index in [0.29, 0.717) is 6.54 Å². The highest BCUT2D eigenvalue weighted by atomic mass is 35.5. The molecule has 7 nitrogen and oxygen atoms in total. The van der Waals surface area contributed by atoms with Gasteiger partial charge < -0.3 is 10.2 Å². The SMILES string of the molecule is CCCCNC(=O)[C@H](C)N(Cc1ccccc1)C(=O)CN(c1ccc(Cl)c(Cl)c1)S(C)(=O)=O. The fraction of sp³-hybridized carbons (Fsp3) is 0.391. The monoisotopic (exact) mass is 513 g/mol. The van der Waals surface area contributed by atoms with Gasteiger partial charge in [0.25, 0.3) is 0 Å². The molecule has 0 radical (unpaired) electrons. The van der Waals surface area contributed by atoms with E-state index in [1.807, 2.05) is 37.3 Å². The second kappa shape index (κ2) is 12.3. The first-order valence-electron chi connectivity index (χ1n) is 10.6. The number of halogens is 2. The summed E-state index contributed by atoms with van der Waals surface area (Å²) in [5, 5.41) is 3.27. The normalized spacial score (nSPS) is 12.2. The average Bonchev–Trinajstić information content (AvgIpc) is 2.77. The number of unbranched alkanes of at least 4 members (excludes halogenated alkanes) is 1. The van der Waals surface area contributed by atoms with Crippen molar-refractivity contribution in [1.82, 2.24) is 10.2 Å². The van der Waals surface area contributed by atoms with Crippen molar-refractivity contribution in [3.05, 3.63) is 64.1 Å². The predicted molar refractivity (Wildman–Crippen MR) is 133 cm³/mol. The Labute approximate surface area is 205 Å². The number of hydrogen-bond acceptors (Lipinski definition) is 4. The summed E-state index contributed by atoms with van der Waals surface area (Å²) in [5.41, 5.74) is 1.03. The minimum Gasteiger partial charge on any atom is -0.354 e. The van der Waals surface area contributed by atoms with Crippen molar-refractivity contribution in [3.8, 4) is 0 Å². The number of amides is 2. The van der Waals surface area contributed by atoms with Gasteiger partial charge in [-0.1, -0.05) is 66.9 Å². The number of rotatable bonds is 11. The molecule has 2 amide bonds. The van der Waals surface area contributed by atoms with Gasteiger partial charge in [0, 0.05) is 13.1 Å². The molecule has 0 aromatic heterocycles. The van der Waals surface area contributed by atoms with Crippen LogP contribution in [0.1, 0.15) is 32.3 Å². The van der Waals surface area contributed by atoms with Crippen LogP contribution in [0.2, 0.25) is 10.0 Å². The maximum Gasteiger partial charge on any atom is 0.244 e. The molecule has 2 aromatic carbocycles. The van der Waals surface area contributed by atoms with Crippen molar-refractivity contribution in [2.45, 2.75) is 39.3 Å². The minimum atomic E-state index is -3.83. The van der Waals surface area contributed by atoms with Crippen molar-refractivity contribution in [2.75, 3.05) is 23.7 Å². The van der Waals surface area contributed by atoms with E-state index in [1.54, 1.807) is 6.92 Å². The van der Waals surface area contributed by atoms with Gasteiger partial charge in [-0.2, -0.15) is 0 Å². The van der Waals surface area contributed by atoms with Crippen LogP contribution in [0.25, 0.3) is 0 Å². The molecule has 0 unspecified atom stereocenters. The molecule has 0 saturated heterocycles. The van der Waals surface area contributed by atoms with E-state index in [-0.39, 0.29) is 28.2 Å². The molecule has 0 aliphatic carbocycles.